The van der Waals surface area contributed by atoms with Gasteiger partial charge in [0.15, 0.2) is 0 Å². The number of alkyl halides is 1. The van der Waals surface area contributed by atoms with E-state index in [2.05, 4.69) is 35.1 Å². The Morgan fingerprint density at radius 2 is 2.00 bits per heavy atom. The van der Waals surface area contributed by atoms with Gasteiger partial charge in [0.2, 0.25) is 5.91 Å². The molecule has 0 aromatic rings. The van der Waals surface area contributed by atoms with Crippen LogP contribution in [0.2, 0.25) is 0 Å². The summed E-state index contributed by atoms with van der Waals surface area (Å²) in [5.41, 5.74) is 0. The molecule has 1 aliphatic carbocycles. The van der Waals surface area contributed by atoms with Crippen LogP contribution in [0.5, 0.6) is 0 Å². The Labute approximate surface area is 108 Å². The third-order valence-corrected chi connectivity index (χ3v) is 4.27. The van der Waals surface area contributed by atoms with Crippen LogP contribution in [-0.4, -0.2) is 17.3 Å². The van der Waals surface area contributed by atoms with Gasteiger partial charge in [0.25, 0.3) is 0 Å². The lowest BCUT2D eigenvalue weighted by molar-refractivity contribution is -0.122. The fourth-order valence-electron chi connectivity index (χ4n) is 2.30. The molecule has 1 amide bonds. The molecule has 16 heavy (non-hydrogen) atoms. The van der Waals surface area contributed by atoms with E-state index in [-0.39, 0.29) is 11.9 Å². The standard InChI is InChI=1S/C13H24BrNO/c1-10(2)12(9-14)15-13(16)8-7-11-5-3-4-6-11/h10-12H,3-9H2,1-2H3,(H,15,16). The summed E-state index contributed by atoms with van der Waals surface area (Å²) in [4.78, 5) is 11.7. The molecule has 94 valence electrons. The van der Waals surface area contributed by atoms with Gasteiger partial charge in [-0.1, -0.05) is 55.5 Å². The molecule has 0 aromatic heterocycles. The molecule has 1 rings (SSSR count). The fraction of sp³-hybridized carbons (Fsp3) is 0.923. The van der Waals surface area contributed by atoms with Crippen LogP contribution in [0.3, 0.4) is 0 Å². The lowest BCUT2D eigenvalue weighted by atomic mass is 10.0. The minimum absolute atomic E-state index is 0.227. The number of nitrogens with one attached hydrogen (secondary N) is 1. The van der Waals surface area contributed by atoms with Crippen molar-refractivity contribution in [1.29, 1.82) is 0 Å². The molecule has 1 aliphatic rings. The maximum absolute atomic E-state index is 11.7. The average molecular weight is 290 g/mol. The Balaban J connectivity index is 2.18. The molecule has 0 radical (unpaired) electrons. The zero-order valence-corrected chi connectivity index (χ0v) is 12.1. The Morgan fingerprint density at radius 1 is 1.38 bits per heavy atom. The van der Waals surface area contributed by atoms with Crippen LogP contribution in [0, 0.1) is 11.8 Å². The predicted molar refractivity (Wildman–Crippen MR) is 71.8 cm³/mol. The van der Waals surface area contributed by atoms with E-state index in [4.69, 9.17) is 0 Å². The summed E-state index contributed by atoms with van der Waals surface area (Å²) in [5, 5.41) is 3.95. The minimum Gasteiger partial charge on any atom is -0.352 e. The first-order chi connectivity index (χ1) is 7.63. The van der Waals surface area contributed by atoms with Crippen molar-refractivity contribution < 1.29 is 4.79 Å². The molecule has 1 N–H and O–H groups in total. The maximum atomic E-state index is 11.7. The fourth-order valence-corrected chi connectivity index (χ4v) is 3.21. The van der Waals surface area contributed by atoms with Gasteiger partial charge >= 0.3 is 0 Å². The van der Waals surface area contributed by atoms with E-state index in [1.54, 1.807) is 0 Å². The van der Waals surface area contributed by atoms with Crippen LogP contribution in [0.25, 0.3) is 0 Å². The highest BCUT2D eigenvalue weighted by molar-refractivity contribution is 9.09. The first kappa shape index (κ1) is 14.0. The molecular weight excluding hydrogens is 266 g/mol. The molecule has 3 heteroatoms. The van der Waals surface area contributed by atoms with Crippen LogP contribution in [0.1, 0.15) is 52.4 Å². The Morgan fingerprint density at radius 3 is 2.50 bits per heavy atom. The van der Waals surface area contributed by atoms with Crippen LogP contribution in [-0.2, 0) is 4.79 Å². The molecular formula is C13H24BrNO. The van der Waals surface area contributed by atoms with Gasteiger partial charge in [-0.15, -0.1) is 0 Å². The second-order valence-electron chi connectivity index (χ2n) is 5.26. The van der Waals surface area contributed by atoms with Crippen molar-refractivity contribution in [1.82, 2.24) is 5.32 Å². The Bertz CT molecular complexity index is 212. The summed E-state index contributed by atoms with van der Waals surface area (Å²) in [5.74, 6) is 1.53. The summed E-state index contributed by atoms with van der Waals surface area (Å²) in [6.45, 7) is 4.28. The molecule has 0 spiro atoms. The van der Waals surface area contributed by atoms with Gasteiger partial charge in [0, 0.05) is 17.8 Å². The second kappa shape index (κ2) is 7.31. The van der Waals surface area contributed by atoms with Gasteiger partial charge in [-0.3, -0.25) is 4.79 Å². The first-order valence-corrected chi connectivity index (χ1v) is 7.61. The van der Waals surface area contributed by atoms with E-state index in [1.165, 1.54) is 25.7 Å². The number of hydrogen-bond donors (Lipinski definition) is 1. The lowest BCUT2D eigenvalue weighted by Gasteiger charge is -2.20. The number of rotatable bonds is 6. The molecule has 1 unspecified atom stereocenters. The number of amides is 1. The molecule has 0 saturated heterocycles. The third kappa shape index (κ3) is 4.86. The number of carbonyl (C=O) groups excluding carboxylic acids is 1. The van der Waals surface area contributed by atoms with Crippen LogP contribution >= 0.6 is 15.9 Å². The van der Waals surface area contributed by atoms with Crippen molar-refractivity contribution in [3.8, 4) is 0 Å². The molecule has 0 aliphatic heterocycles. The summed E-state index contributed by atoms with van der Waals surface area (Å²) in [6.07, 6.45) is 7.18. The van der Waals surface area contributed by atoms with Crippen molar-refractivity contribution in [2.75, 3.05) is 5.33 Å². The summed E-state index contributed by atoms with van der Waals surface area (Å²) < 4.78 is 0. The van der Waals surface area contributed by atoms with Gasteiger partial charge < -0.3 is 5.32 Å². The van der Waals surface area contributed by atoms with Crippen LogP contribution < -0.4 is 5.32 Å². The van der Waals surface area contributed by atoms with E-state index in [1.807, 2.05) is 0 Å². The topological polar surface area (TPSA) is 29.1 Å². The summed E-state index contributed by atoms with van der Waals surface area (Å²) in [7, 11) is 0. The van der Waals surface area contributed by atoms with Gasteiger partial charge in [0.05, 0.1) is 0 Å². The first-order valence-electron chi connectivity index (χ1n) is 6.48. The van der Waals surface area contributed by atoms with Crippen molar-refractivity contribution in [2.45, 2.75) is 58.4 Å². The summed E-state index contributed by atoms with van der Waals surface area (Å²) in [6, 6.07) is 0.274. The highest BCUT2D eigenvalue weighted by atomic mass is 79.9. The van der Waals surface area contributed by atoms with Crippen molar-refractivity contribution in [3.05, 3.63) is 0 Å². The van der Waals surface area contributed by atoms with Gasteiger partial charge in [-0.2, -0.15) is 0 Å². The third-order valence-electron chi connectivity index (χ3n) is 3.57. The Kier molecular flexibility index (Phi) is 6.40. The number of hydrogen-bond acceptors (Lipinski definition) is 1. The molecule has 0 heterocycles. The van der Waals surface area contributed by atoms with Gasteiger partial charge in [-0.25, -0.2) is 0 Å². The van der Waals surface area contributed by atoms with E-state index >= 15 is 0 Å². The van der Waals surface area contributed by atoms with Gasteiger partial charge in [-0.05, 0) is 18.3 Å². The zero-order chi connectivity index (χ0) is 12.0. The van der Waals surface area contributed by atoms with Crippen molar-refractivity contribution >= 4 is 21.8 Å². The molecule has 1 fully saturated rings. The van der Waals surface area contributed by atoms with Crippen LogP contribution in [0.15, 0.2) is 0 Å². The monoisotopic (exact) mass is 289 g/mol. The largest absolute Gasteiger partial charge is 0.352 e. The van der Waals surface area contributed by atoms with E-state index in [0.717, 1.165) is 17.7 Å². The van der Waals surface area contributed by atoms with E-state index < -0.39 is 0 Å². The molecule has 1 saturated carbocycles. The smallest absolute Gasteiger partial charge is 0.220 e. The molecule has 1 atom stereocenters. The Hall–Kier alpha value is -0.0500. The van der Waals surface area contributed by atoms with Crippen molar-refractivity contribution in [2.24, 2.45) is 11.8 Å². The summed E-state index contributed by atoms with van der Waals surface area (Å²) >= 11 is 3.45. The minimum atomic E-state index is 0.227. The molecule has 2 nitrogen and oxygen atoms in total. The van der Waals surface area contributed by atoms with Gasteiger partial charge in [0.1, 0.15) is 0 Å². The SMILES string of the molecule is CC(C)C(CBr)NC(=O)CCC1CCCC1. The molecule has 0 aromatic carbocycles. The second-order valence-corrected chi connectivity index (χ2v) is 5.91. The van der Waals surface area contributed by atoms with Crippen molar-refractivity contribution in [3.63, 3.8) is 0 Å². The normalized spacial score (nSPS) is 19.0. The van der Waals surface area contributed by atoms with Crippen LogP contribution in [0.4, 0.5) is 0 Å². The lowest BCUT2D eigenvalue weighted by Crippen LogP contribution is -2.39. The maximum Gasteiger partial charge on any atom is 0.220 e. The zero-order valence-electron chi connectivity index (χ0n) is 10.5. The number of halogens is 1. The highest BCUT2D eigenvalue weighted by Crippen LogP contribution is 2.28. The number of carbonyl (C=O) groups is 1. The highest BCUT2D eigenvalue weighted by Gasteiger charge is 2.18. The average Bonchev–Trinajstić information content (AvgIpc) is 2.75. The predicted octanol–water partition coefficient (Wildman–Crippen LogP) is 3.49. The van der Waals surface area contributed by atoms with E-state index in [0.29, 0.717) is 12.3 Å². The van der Waals surface area contributed by atoms with E-state index in [9.17, 15) is 4.79 Å². The molecule has 0 bridgehead atoms. The quantitative estimate of drug-likeness (QED) is 0.745.